The topological polar surface area (TPSA) is 75.5 Å². The number of carbonyl (C=O) groups excluding carboxylic acids is 1. The third-order valence-electron chi connectivity index (χ3n) is 5.36. The van der Waals surface area contributed by atoms with Gasteiger partial charge in [0.2, 0.25) is 15.9 Å². The molecule has 4 rings (SSSR count). The summed E-state index contributed by atoms with van der Waals surface area (Å²) in [6, 6.07) is 9.59. The quantitative estimate of drug-likeness (QED) is 0.794. The molecular formula is C19H24N4O3S. The fourth-order valence-corrected chi connectivity index (χ4v) is 5.72. The first-order valence-corrected chi connectivity index (χ1v) is 11.0. The molecule has 7 nitrogen and oxygen atoms in total. The average molecular weight is 388 g/mol. The first-order chi connectivity index (χ1) is 13.0. The van der Waals surface area contributed by atoms with E-state index in [9.17, 15) is 13.2 Å². The fraction of sp³-hybridized carbons (Fsp3) is 0.474. The molecular weight excluding hydrogens is 364 g/mol. The van der Waals surface area contributed by atoms with Gasteiger partial charge in [0, 0.05) is 38.1 Å². The van der Waals surface area contributed by atoms with E-state index < -0.39 is 10.0 Å². The van der Waals surface area contributed by atoms with Crippen molar-refractivity contribution in [1.29, 1.82) is 0 Å². The molecule has 2 aliphatic heterocycles. The van der Waals surface area contributed by atoms with E-state index in [0.29, 0.717) is 32.5 Å². The Bertz CT molecular complexity index is 894. The molecule has 1 aromatic heterocycles. The Morgan fingerprint density at radius 2 is 1.96 bits per heavy atom. The number of hydrogen-bond acceptors (Lipinski definition) is 4. The molecule has 0 spiro atoms. The summed E-state index contributed by atoms with van der Waals surface area (Å²) in [7, 11) is -3.13. The third kappa shape index (κ3) is 3.91. The number of hydrogen-bond donors (Lipinski definition) is 0. The number of rotatable bonds is 4. The van der Waals surface area contributed by atoms with Gasteiger partial charge in [-0.1, -0.05) is 12.1 Å². The van der Waals surface area contributed by atoms with Gasteiger partial charge in [0.15, 0.2) is 0 Å². The molecule has 1 unspecified atom stereocenters. The highest BCUT2D eigenvalue weighted by Gasteiger charge is 2.37. The van der Waals surface area contributed by atoms with Crippen LogP contribution in [0.4, 0.5) is 0 Å². The van der Waals surface area contributed by atoms with Crippen molar-refractivity contribution in [3.05, 3.63) is 48.3 Å². The van der Waals surface area contributed by atoms with Gasteiger partial charge in [0.25, 0.3) is 0 Å². The third-order valence-corrected chi connectivity index (χ3v) is 7.36. The Labute approximate surface area is 159 Å². The lowest BCUT2D eigenvalue weighted by Gasteiger charge is -2.36. The van der Waals surface area contributed by atoms with Crippen LogP contribution in [0.15, 0.2) is 42.7 Å². The van der Waals surface area contributed by atoms with E-state index >= 15 is 0 Å². The minimum Gasteiger partial charge on any atom is -0.341 e. The zero-order chi connectivity index (χ0) is 18.9. The number of benzene rings is 1. The van der Waals surface area contributed by atoms with Crippen molar-refractivity contribution < 1.29 is 13.2 Å². The maximum Gasteiger partial charge on any atom is 0.227 e. The normalized spacial score (nSPS) is 22.8. The molecule has 2 aliphatic rings. The van der Waals surface area contributed by atoms with Crippen LogP contribution in [-0.2, 0) is 21.2 Å². The maximum absolute atomic E-state index is 12.7. The number of piperidine rings is 1. The minimum atomic E-state index is -3.13. The van der Waals surface area contributed by atoms with E-state index in [1.54, 1.807) is 15.2 Å². The van der Waals surface area contributed by atoms with Crippen LogP contribution in [0.2, 0.25) is 0 Å². The van der Waals surface area contributed by atoms with Crippen molar-refractivity contribution >= 4 is 15.9 Å². The monoisotopic (exact) mass is 388 g/mol. The van der Waals surface area contributed by atoms with Crippen LogP contribution in [0.5, 0.6) is 0 Å². The van der Waals surface area contributed by atoms with Gasteiger partial charge < -0.3 is 4.90 Å². The van der Waals surface area contributed by atoms with E-state index in [1.165, 1.54) is 0 Å². The number of amides is 1. The Kier molecular flexibility index (Phi) is 5.01. The molecule has 3 heterocycles. The Morgan fingerprint density at radius 3 is 2.63 bits per heavy atom. The van der Waals surface area contributed by atoms with Gasteiger partial charge in [0.1, 0.15) is 0 Å². The Morgan fingerprint density at radius 1 is 1.15 bits per heavy atom. The fourth-order valence-electron chi connectivity index (χ4n) is 3.96. The van der Waals surface area contributed by atoms with Gasteiger partial charge in [-0.3, -0.25) is 4.79 Å². The number of likely N-dealkylation sites (tertiary alicyclic amines) is 1. The zero-order valence-electron chi connectivity index (χ0n) is 15.2. The van der Waals surface area contributed by atoms with Gasteiger partial charge in [-0.05, 0) is 43.0 Å². The molecule has 27 heavy (non-hydrogen) atoms. The van der Waals surface area contributed by atoms with Crippen LogP contribution in [0.3, 0.4) is 0 Å². The predicted octanol–water partition coefficient (Wildman–Crippen LogP) is 1.44. The highest BCUT2D eigenvalue weighted by atomic mass is 32.2. The summed E-state index contributed by atoms with van der Waals surface area (Å²) in [5, 5.41) is 4.20. The second-order valence-electron chi connectivity index (χ2n) is 7.21. The van der Waals surface area contributed by atoms with Crippen LogP contribution in [0, 0.1) is 0 Å². The SMILES string of the molecule is O=C(Cc1ccc(-n2cccn2)cc1)N1CCCC(N2CCCS2(=O)=O)C1. The van der Waals surface area contributed by atoms with E-state index in [1.807, 2.05) is 41.4 Å². The lowest BCUT2D eigenvalue weighted by Crippen LogP contribution is -2.50. The van der Waals surface area contributed by atoms with E-state index in [-0.39, 0.29) is 17.7 Å². The van der Waals surface area contributed by atoms with Gasteiger partial charge in [-0.15, -0.1) is 0 Å². The molecule has 2 saturated heterocycles. The van der Waals surface area contributed by atoms with Crippen molar-refractivity contribution in [2.45, 2.75) is 31.7 Å². The molecule has 1 amide bonds. The van der Waals surface area contributed by atoms with Crippen LogP contribution in [0.1, 0.15) is 24.8 Å². The summed E-state index contributed by atoms with van der Waals surface area (Å²) in [4.78, 5) is 14.6. The molecule has 0 N–H and O–H groups in total. The Balaban J connectivity index is 1.39. The molecule has 2 aromatic rings. The zero-order valence-corrected chi connectivity index (χ0v) is 16.0. The molecule has 1 atom stereocenters. The average Bonchev–Trinajstić information content (AvgIpc) is 3.32. The van der Waals surface area contributed by atoms with Gasteiger partial charge in [0.05, 0.1) is 17.9 Å². The molecule has 0 aliphatic carbocycles. The van der Waals surface area contributed by atoms with Crippen LogP contribution in [-0.4, -0.2) is 64.7 Å². The van der Waals surface area contributed by atoms with Crippen molar-refractivity contribution in [2.24, 2.45) is 0 Å². The Hall–Kier alpha value is -2.19. The summed E-state index contributed by atoms with van der Waals surface area (Å²) >= 11 is 0. The highest BCUT2D eigenvalue weighted by molar-refractivity contribution is 7.89. The van der Waals surface area contributed by atoms with Crippen molar-refractivity contribution in [3.8, 4) is 5.69 Å². The number of sulfonamides is 1. The summed E-state index contributed by atoms with van der Waals surface area (Å²) in [6.07, 6.45) is 6.31. The molecule has 1 aromatic carbocycles. The highest BCUT2D eigenvalue weighted by Crippen LogP contribution is 2.24. The lowest BCUT2D eigenvalue weighted by molar-refractivity contribution is -0.132. The maximum atomic E-state index is 12.7. The number of aromatic nitrogens is 2. The van der Waals surface area contributed by atoms with E-state index in [0.717, 1.165) is 24.1 Å². The molecule has 2 fully saturated rings. The van der Waals surface area contributed by atoms with Crippen LogP contribution >= 0.6 is 0 Å². The molecule has 8 heteroatoms. The summed E-state index contributed by atoms with van der Waals surface area (Å²) in [6.45, 7) is 1.79. The largest absolute Gasteiger partial charge is 0.341 e. The predicted molar refractivity (Wildman–Crippen MR) is 102 cm³/mol. The standard InChI is InChI=1S/C19H24N4O3S/c24-19(14-16-5-7-17(8-6-16)22-11-2-9-20-22)21-10-1-4-18(15-21)23-12-3-13-27(23,25)26/h2,5-9,11,18H,1,3-4,10,12-15H2. The first kappa shape index (κ1) is 18.2. The van der Waals surface area contributed by atoms with Crippen molar-refractivity contribution in [1.82, 2.24) is 19.0 Å². The van der Waals surface area contributed by atoms with E-state index in [4.69, 9.17) is 0 Å². The van der Waals surface area contributed by atoms with Gasteiger partial charge in [-0.2, -0.15) is 9.40 Å². The van der Waals surface area contributed by atoms with Crippen LogP contribution < -0.4 is 0 Å². The molecule has 144 valence electrons. The van der Waals surface area contributed by atoms with Gasteiger partial charge >= 0.3 is 0 Å². The number of nitrogens with zero attached hydrogens (tertiary/aromatic N) is 4. The summed E-state index contributed by atoms with van der Waals surface area (Å²) in [5.74, 6) is 0.295. The second-order valence-corrected chi connectivity index (χ2v) is 9.25. The van der Waals surface area contributed by atoms with Crippen LogP contribution in [0.25, 0.3) is 5.69 Å². The van der Waals surface area contributed by atoms with Crippen molar-refractivity contribution in [3.63, 3.8) is 0 Å². The van der Waals surface area contributed by atoms with Gasteiger partial charge in [-0.25, -0.2) is 13.1 Å². The molecule has 0 bridgehead atoms. The first-order valence-electron chi connectivity index (χ1n) is 9.39. The lowest BCUT2D eigenvalue weighted by atomic mass is 10.0. The van der Waals surface area contributed by atoms with Crippen molar-refractivity contribution in [2.75, 3.05) is 25.4 Å². The second kappa shape index (κ2) is 7.44. The molecule has 0 radical (unpaired) electrons. The summed E-state index contributed by atoms with van der Waals surface area (Å²) < 4.78 is 27.7. The molecule has 0 saturated carbocycles. The smallest absolute Gasteiger partial charge is 0.227 e. The minimum absolute atomic E-state index is 0.0585. The summed E-state index contributed by atoms with van der Waals surface area (Å²) in [5.41, 5.74) is 1.90. The number of carbonyl (C=O) groups is 1. The van der Waals surface area contributed by atoms with E-state index in [2.05, 4.69) is 5.10 Å².